The lowest BCUT2D eigenvalue weighted by molar-refractivity contribution is -0.490. The van der Waals surface area contributed by atoms with Gasteiger partial charge in [0.2, 0.25) is 5.79 Å². The Balaban J connectivity index is 2.01. The van der Waals surface area contributed by atoms with Crippen molar-refractivity contribution in [2.75, 3.05) is 33.0 Å². The zero-order valence-corrected chi connectivity index (χ0v) is 39.5. The van der Waals surface area contributed by atoms with Gasteiger partial charge in [-0.3, -0.25) is 0 Å². The van der Waals surface area contributed by atoms with Crippen molar-refractivity contribution in [2.24, 2.45) is 0 Å². The quantitative estimate of drug-likeness (QED) is 0.0274. The summed E-state index contributed by atoms with van der Waals surface area (Å²) in [6, 6.07) is 0. The fourth-order valence-electron chi connectivity index (χ4n) is 9.05. The maximum atomic E-state index is 12.2. The molecule has 63 heavy (non-hydrogen) atoms. The van der Waals surface area contributed by atoms with Gasteiger partial charge >= 0.3 is 0 Å². The van der Waals surface area contributed by atoms with Crippen LogP contribution in [0.25, 0.3) is 0 Å². The Hall–Kier alpha value is -0.600. The molecule has 0 radical (unpaired) electrons. The number of aliphatic hydroxyl groups excluding tert-OH is 8. The summed E-state index contributed by atoms with van der Waals surface area (Å²) in [5.41, 5.74) is 0. The second kappa shape index (κ2) is 33.0. The molecule has 12 atom stereocenters. The van der Waals surface area contributed by atoms with Crippen LogP contribution in [-0.4, -0.2) is 156 Å². The third-order valence-electron chi connectivity index (χ3n) is 12.9. The third kappa shape index (κ3) is 20.3. The first-order chi connectivity index (χ1) is 30.3. The van der Waals surface area contributed by atoms with Gasteiger partial charge in [0.25, 0.3) is 5.79 Å². The summed E-state index contributed by atoms with van der Waals surface area (Å²) in [4.78, 5) is 0. The number of hydrogen-bond acceptors (Lipinski definition) is 15. The standard InChI is InChI=1S/C48H94O15/c1-4-6-8-10-12-14-16-18-19-21-23-25-27-29-31-60-48(58)44(55)42(54)40(35-50)62-47(48,32-37(3)51)63-43-41(53)39(34-49)61-46(57,45(43)56)33-38(52)36-59-30-28-26-24-22-20-17-15-13-11-9-7-5-2/h37-45,49-58H,4-36H2,1-3H3/t37?,38?,39-,40-,41+,42+,43+,44+,45-,46-,47+,48+/m1/s1. The van der Waals surface area contributed by atoms with Gasteiger partial charge in [0.05, 0.1) is 38.6 Å². The van der Waals surface area contributed by atoms with Gasteiger partial charge in [-0.15, -0.1) is 0 Å². The Morgan fingerprint density at radius 3 is 1.37 bits per heavy atom. The van der Waals surface area contributed by atoms with Gasteiger partial charge in [-0.25, -0.2) is 0 Å². The Morgan fingerprint density at radius 2 is 0.937 bits per heavy atom. The van der Waals surface area contributed by atoms with Gasteiger partial charge in [0.1, 0.15) is 42.7 Å². The van der Waals surface area contributed by atoms with Crippen LogP contribution in [0, 0.1) is 0 Å². The van der Waals surface area contributed by atoms with Crippen LogP contribution in [0.3, 0.4) is 0 Å². The van der Waals surface area contributed by atoms with Gasteiger partial charge in [-0.2, -0.15) is 0 Å². The molecule has 0 spiro atoms. The lowest BCUT2D eigenvalue weighted by atomic mass is 9.84. The molecule has 376 valence electrons. The molecule has 2 heterocycles. The number of hydrogen-bond donors (Lipinski definition) is 10. The number of rotatable bonds is 39. The predicted octanol–water partition coefficient (Wildman–Crippen LogP) is 5.41. The number of ether oxygens (including phenoxy) is 5. The van der Waals surface area contributed by atoms with E-state index in [0.717, 1.165) is 51.4 Å². The fraction of sp³-hybridized carbons (Fsp3) is 1.00. The summed E-state index contributed by atoms with van der Waals surface area (Å²) in [5.74, 6) is -8.26. The van der Waals surface area contributed by atoms with Crippen molar-refractivity contribution in [3.05, 3.63) is 0 Å². The number of aliphatic hydroxyl groups is 10. The van der Waals surface area contributed by atoms with Crippen molar-refractivity contribution in [3.63, 3.8) is 0 Å². The Kier molecular flexibility index (Phi) is 30.6. The monoisotopic (exact) mass is 911 g/mol. The van der Waals surface area contributed by atoms with E-state index in [9.17, 15) is 51.1 Å². The minimum absolute atomic E-state index is 0.149. The molecule has 2 unspecified atom stereocenters. The summed E-state index contributed by atoms with van der Waals surface area (Å²) in [7, 11) is 0. The van der Waals surface area contributed by atoms with Crippen LogP contribution in [0.1, 0.15) is 201 Å². The Labute approximate surface area is 379 Å². The van der Waals surface area contributed by atoms with E-state index >= 15 is 0 Å². The summed E-state index contributed by atoms with van der Waals surface area (Å²) in [6.07, 6.45) is 12.6. The lowest BCUT2D eigenvalue weighted by Gasteiger charge is -2.57. The molecular formula is C48H94O15. The minimum Gasteiger partial charge on any atom is -0.394 e. The van der Waals surface area contributed by atoms with Crippen LogP contribution in [0.2, 0.25) is 0 Å². The van der Waals surface area contributed by atoms with Gasteiger partial charge in [-0.05, 0) is 19.8 Å². The van der Waals surface area contributed by atoms with Crippen molar-refractivity contribution in [2.45, 2.75) is 273 Å². The normalized spacial score (nSPS) is 31.1. The second-order valence-electron chi connectivity index (χ2n) is 18.7. The van der Waals surface area contributed by atoms with Gasteiger partial charge in [0.15, 0.2) is 5.79 Å². The van der Waals surface area contributed by atoms with Crippen LogP contribution in [-0.2, 0) is 23.7 Å². The minimum atomic E-state index is -2.95. The van der Waals surface area contributed by atoms with Crippen LogP contribution < -0.4 is 0 Å². The average Bonchev–Trinajstić information content (AvgIpc) is 3.25. The van der Waals surface area contributed by atoms with E-state index in [2.05, 4.69) is 13.8 Å². The van der Waals surface area contributed by atoms with E-state index in [1.54, 1.807) is 0 Å². The van der Waals surface area contributed by atoms with Crippen molar-refractivity contribution in [1.82, 2.24) is 0 Å². The number of unbranched alkanes of at least 4 members (excludes halogenated alkanes) is 24. The lowest BCUT2D eigenvalue weighted by Crippen LogP contribution is -2.78. The maximum Gasteiger partial charge on any atom is 0.251 e. The van der Waals surface area contributed by atoms with Gasteiger partial charge in [-0.1, -0.05) is 168 Å². The summed E-state index contributed by atoms with van der Waals surface area (Å²) in [6.45, 7) is 4.05. The molecule has 10 N–H and O–H groups in total. The molecule has 2 aliphatic rings. The molecule has 0 bridgehead atoms. The SMILES string of the molecule is CCCCCCCCCCCCCCCCO[C@@]1(O)[C@@H](O)[C@@H](O)[C@@H](CO)O[C@@]1(CC(C)O)O[C@H]1[C@@H](O)[C@@H](CO)O[C@](O)(CC(O)COCCCCCCCCCCCCCC)[C@@H]1O. The first kappa shape index (κ1) is 58.5. The van der Waals surface area contributed by atoms with Crippen LogP contribution in [0.15, 0.2) is 0 Å². The summed E-state index contributed by atoms with van der Waals surface area (Å²) >= 11 is 0. The van der Waals surface area contributed by atoms with E-state index in [1.165, 1.54) is 116 Å². The fourth-order valence-corrected chi connectivity index (χ4v) is 9.05. The average molecular weight is 911 g/mol. The first-order valence-electron chi connectivity index (χ1n) is 25.3. The molecule has 15 nitrogen and oxygen atoms in total. The molecule has 0 saturated carbocycles. The van der Waals surface area contributed by atoms with E-state index < -0.39 is 98.4 Å². The highest BCUT2D eigenvalue weighted by atomic mass is 16.8. The van der Waals surface area contributed by atoms with Crippen molar-refractivity contribution >= 4 is 0 Å². The Bertz CT molecular complexity index is 1110. The second-order valence-corrected chi connectivity index (χ2v) is 18.7. The Morgan fingerprint density at radius 1 is 0.524 bits per heavy atom. The smallest absolute Gasteiger partial charge is 0.251 e. The molecule has 0 aromatic carbocycles. The molecule has 0 amide bonds. The molecule has 0 aromatic heterocycles. The predicted molar refractivity (Wildman–Crippen MR) is 241 cm³/mol. The van der Waals surface area contributed by atoms with E-state index in [4.69, 9.17) is 23.7 Å². The van der Waals surface area contributed by atoms with E-state index in [1.807, 2.05) is 0 Å². The molecule has 15 heteroatoms. The first-order valence-corrected chi connectivity index (χ1v) is 25.3. The highest BCUT2D eigenvalue weighted by molar-refractivity contribution is 5.07. The summed E-state index contributed by atoms with van der Waals surface area (Å²) in [5, 5.41) is 111. The molecule has 0 aromatic rings. The van der Waals surface area contributed by atoms with Crippen LogP contribution >= 0.6 is 0 Å². The van der Waals surface area contributed by atoms with Crippen LogP contribution in [0.4, 0.5) is 0 Å². The molecular weight excluding hydrogens is 817 g/mol. The largest absolute Gasteiger partial charge is 0.394 e. The van der Waals surface area contributed by atoms with E-state index in [-0.39, 0.29) is 13.2 Å². The third-order valence-corrected chi connectivity index (χ3v) is 12.9. The van der Waals surface area contributed by atoms with E-state index in [0.29, 0.717) is 13.0 Å². The maximum absolute atomic E-state index is 12.2. The van der Waals surface area contributed by atoms with Crippen molar-refractivity contribution in [1.29, 1.82) is 0 Å². The highest BCUT2D eigenvalue weighted by Crippen LogP contribution is 2.46. The van der Waals surface area contributed by atoms with Crippen molar-refractivity contribution < 1.29 is 74.7 Å². The van der Waals surface area contributed by atoms with Crippen LogP contribution in [0.5, 0.6) is 0 Å². The molecule has 2 saturated heterocycles. The highest BCUT2D eigenvalue weighted by Gasteiger charge is 2.69. The summed E-state index contributed by atoms with van der Waals surface area (Å²) < 4.78 is 29.3. The van der Waals surface area contributed by atoms with Gasteiger partial charge in [0, 0.05) is 19.4 Å². The van der Waals surface area contributed by atoms with Crippen molar-refractivity contribution in [3.8, 4) is 0 Å². The topological polar surface area (TPSA) is 248 Å². The zero-order valence-electron chi connectivity index (χ0n) is 39.5. The molecule has 0 aliphatic carbocycles. The van der Waals surface area contributed by atoms with Gasteiger partial charge < -0.3 is 74.7 Å². The molecule has 2 rings (SSSR count). The zero-order chi connectivity index (χ0) is 46.6. The molecule has 2 aliphatic heterocycles. The molecule has 2 fully saturated rings.